The van der Waals surface area contributed by atoms with E-state index < -0.39 is 0 Å². The van der Waals surface area contributed by atoms with E-state index in [9.17, 15) is 0 Å². The predicted octanol–water partition coefficient (Wildman–Crippen LogP) is 2.92. The van der Waals surface area contributed by atoms with Crippen LogP contribution in [0.15, 0.2) is 23.1 Å². The van der Waals surface area contributed by atoms with E-state index in [1.807, 2.05) is 25.1 Å². The van der Waals surface area contributed by atoms with Crippen molar-refractivity contribution in [3.05, 3.63) is 29.3 Å². The molecule has 0 amide bonds. The molecule has 0 aliphatic carbocycles. The van der Waals surface area contributed by atoms with E-state index in [2.05, 4.69) is 4.72 Å². The van der Waals surface area contributed by atoms with Crippen LogP contribution < -0.4 is 4.72 Å². The molecule has 1 rings (SSSR count). The van der Waals surface area contributed by atoms with Gasteiger partial charge in [-0.3, -0.25) is 4.72 Å². The zero-order valence-corrected chi connectivity index (χ0v) is 13.6. The fraction of sp³-hybridized carbons (Fsp3) is 0.467. The van der Waals surface area contributed by atoms with Crippen LogP contribution in [-0.2, 0) is 0 Å². The standard InChI is InChI=1S/C15H19N3OS2/c1-2-14(11-19)18-21-7-3-6-20-15-5-4-12(9-16)13(8-15)10-17/h4-5,8,14,18-19H,2-3,6-7,11H2,1H3. The number of thioether (sulfide) groups is 1. The lowest BCUT2D eigenvalue weighted by Gasteiger charge is -2.12. The molecular weight excluding hydrogens is 302 g/mol. The van der Waals surface area contributed by atoms with E-state index in [-0.39, 0.29) is 12.6 Å². The second kappa shape index (κ2) is 10.5. The minimum atomic E-state index is 0.166. The van der Waals surface area contributed by atoms with Gasteiger partial charge in [0.05, 0.1) is 17.7 Å². The van der Waals surface area contributed by atoms with Crippen molar-refractivity contribution in [1.29, 1.82) is 10.5 Å². The Labute approximate surface area is 134 Å². The van der Waals surface area contributed by atoms with E-state index in [1.54, 1.807) is 35.8 Å². The first-order chi connectivity index (χ1) is 10.2. The Morgan fingerprint density at radius 1 is 1.24 bits per heavy atom. The third-order valence-corrected chi connectivity index (χ3v) is 4.93. The average molecular weight is 321 g/mol. The van der Waals surface area contributed by atoms with Gasteiger partial charge in [-0.25, -0.2) is 0 Å². The number of hydrogen-bond acceptors (Lipinski definition) is 6. The van der Waals surface area contributed by atoms with Crippen LogP contribution in [0, 0.1) is 22.7 Å². The van der Waals surface area contributed by atoms with Crippen LogP contribution in [0.4, 0.5) is 0 Å². The second-order valence-electron chi connectivity index (χ2n) is 4.39. The molecule has 21 heavy (non-hydrogen) atoms. The fourth-order valence-electron chi connectivity index (χ4n) is 1.55. The number of hydrogen-bond donors (Lipinski definition) is 2. The average Bonchev–Trinajstić information content (AvgIpc) is 2.54. The molecule has 1 aromatic carbocycles. The molecule has 0 aromatic heterocycles. The SMILES string of the molecule is CCC(CO)NSCCCSc1ccc(C#N)c(C#N)c1. The first-order valence-corrected chi connectivity index (χ1v) is 8.77. The van der Waals surface area contributed by atoms with Crippen molar-refractivity contribution in [3.63, 3.8) is 0 Å². The number of rotatable bonds is 9. The van der Waals surface area contributed by atoms with Gasteiger partial charge in [0.25, 0.3) is 0 Å². The summed E-state index contributed by atoms with van der Waals surface area (Å²) in [5.41, 5.74) is 0.864. The summed E-state index contributed by atoms with van der Waals surface area (Å²) in [4.78, 5) is 1.02. The topological polar surface area (TPSA) is 79.8 Å². The van der Waals surface area contributed by atoms with Crippen LogP contribution in [0.2, 0.25) is 0 Å². The molecule has 1 atom stereocenters. The van der Waals surface area contributed by atoms with Gasteiger partial charge in [-0.2, -0.15) is 10.5 Å². The van der Waals surface area contributed by atoms with E-state index >= 15 is 0 Å². The predicted molar refractivity (Wildman–Crippen MR) is 88.0 cm³/mol. The van der Waals surface area contributed by atoms with Crippen LogP contribution in [0.25, 0.3) is 0 Å². The first-order valence-electron chi connectivity index (χ1n) is 6.80. The zero-order chi connectivity index (χ0) is 15.5. The Balaban J connectivity index is 2.28. The lowest BCUT2D eigenvalue weighted by atomic mass is 10.1. The molecule has 4 nitrogen and oxygen atoms in total. The highest BCUT2D eigenvalue weighted by molar-refractivity contribution is 7.99. The molecule has 0 heterocycles. The van der Waals surface area contributed by atoms with E-state index in [0.717, 1.165) is 29.2 Å². The summed E-state index contributed by atoms with van der Waals surface area (Å²) in [6.07, 6.45) is 1.95. The summed E-state index contributed by atoms with van der Waals surface area (Å²) in [7, 11) is 0. The molecule has 1 unspecified atom stereocenters. The fourth-order valence-corrected chi connectivity index (χ4v) is 3.51. The van der Waals surface area contributed by atoms with Gasteiger partial charge in [-0.05, 0) is 36.8 Å². The number of nitriles is 2. The smallest absolute Gasteiger partial charge is 0.101 e. The minimum absolute atomic E-state index is 0.166. The van der Waals surface area contributed by atoms with Gasteiger partial charge in [0, 0.05) is 16.7 Å². The summed E-state index contributed by atoms with van der Waals surface area (Å²) >= 11 is 3.33. The molecular formula is C15H19N3OS2. The largest absolute Gasteiger partial charge is 0.395 e. The quantitative estimate of drug-likeness (QED) is 0.413. The Morgan fingerprint density at radius 2 is 2.00 bits per heavy atom. The summed E-state index contributed by atoms with van der Waals surface area (Å²) < 4.78 is 3.23. The zero-order valence-electron chi connectivity index (χ0n) is 12.0. The van der Waals surface area contributed by atoms with Crippen molar-refractivity contribution in [1.82, 2.24) is 4.72 Å². The van der Waals surface area contributed by atoms with Crippen molar-refractivity contribution in [2.75, 3.05) is 18.1 Å². The minimum Gasteiger partial charge on any atom is -0.395 e. The molecule has 112 valence electrons. The maximum absolute atomic E-state index is 9.04. The Bertz CT molecular complexity index is 519. The highest BCUT2D eigenvalue weighted by atomic mass is 32.2. The summed E-state index contributed by atoms with van der Waals surface area (Å²) in [5.74, 6) is 1.94. The second-order valence-corrected chi connectivity index (χ2v) is 6.49. The molecule has 1 aromatic rings. The molecule has 0 fully saturated rings. The highest BCUT2D eigenvalue weighted by Gasteiger charge is 2.04. The van der Waals surface area contributed by atoms with Crippen molar-refractivity contribution in [2.24, 2.45) is 0 Å². The van der Waals surface area contributed by atoms with Gasteiger partial charge in [-0.1, -0.05) is 18.9 Å². The van der Waals surface area contributed by atoms with Crippen LogP contribution in [-0.4, -0.2) is 29.3 Å². The Hall–Kier alpha value is -1.18. The first kappa shape index (κ1) is 17.9. The Morgan fingerprint density at radius 3 is 2.62 bits per heavy atom. The van der Waals surface area contributed by atoms with Gasteiger partial charge in [0.1, 0.15) is 12.1 Å². The van der Waals surface area contributed by atoms with Crippen molar-refractivity contribution >= 4 is 23.7 Å². The van der Waals surface area contributed by atoms with Gasteiger partial charge < -0.3 is 5.11 Å². The van der Waals surface area contributed by atoms with Crippen LogP contribution in [0.3, 0.4) is 0 Å². The number of nitrogens with one attached hydrogen (secondary N) is 1. The lowest BCUT2D eigenvalue weighted by molar-refractivity contribution is 0.256. The lowest BCUT2D eigenvalue weighted by Crippen LogP contribution is -2.26. The molecule has 0 aliphatic rings. The van der Waals surface area contributed by atoms with Gasteiger partial charge in [-0.15, -0.1) is 11.8 Å². The number of benzene rings is 1. The van der Waals surface area contributed by atoms with Crippen LogP contribution in [0.5, 0.6) is 0 Å². The van der Waals surface area contributed by atoms with Crippen LogP contribution in [0.1, 0.15) is 30.9 Å². The number of aliphatic hydroxyl groups excluding tert-OH is 1. The maximum atomic E-state index is 9.04. The molecule has 0 spiro atoms. The van der Waals surface area contributed by atoms with Crippen molar-refractivity contribution in [2.45, 2.75) is 30.7 Å². The molecule has 6 heteroatoms. The van der Waals surface area contributed by atoms with Gasteiger partial charge >= 0.3 is 0 Å². The summed E-state index contributed by atoms with van der Waals surface area (Å²) in [5, 5.41) is 26.9. The molecule has 0 aliphatic heterocycles. The van der Waals surface area contributed by atoms with Gasteiger partial charge in [0.15, 0.2) is 0 Å². The third-order valence-electron chi connectivity index (χ3n) is 2.85. The maximum Gasteiger partial charge on any atom is 0.101 e. The third kappa shape index (κ3) is 6.41. The molecule has 2 N–H and O–H groups in total. The molecule has 0 radical (unpaired) electrons. The van der Waals surface area contributed by atoms with E-state index in [1.165, 1.54) is 0 Å². The monoisotopic (exact) mass is 321 g/mol. The Kier molecular flexibility index (Phi) is 8.96. The van der Waals surface area contributed by atoms with Crippen molar-refractivity contribution < 1.29 is 5.11 Å². The van der Waals surface area contributed by atoms with E-state index in [4.69, 9.17) is 15.6 Å². The molecule has 0 saturated heterocycles. The molecule has 0 bridgehead atoms. The number of aliphatic hydroxyl groups is 1. The molecule has 0 saturated carbocycles. The van der Waals surface area contributed by atoms with Gasteiger partial charge in [0.2, 0.25) is 0 Å². The van der Waals surface area contributed by atoms with Crippen molar-refractivity contribution in [3.8, 4) is 12.1 Å². The van der Waals surface area contributed by atoms with E-state index in [0.29, 0.717) is 11.1 Å². The highest BCUT2D eigenvalue weighted by Crippen LogP contribution is 2.22. The normalized spacial score (nSPS) is 11.6. The summed E-state index contributed by atoms with van der Waals surface area (Å²) in [6.45, 7) is 2.21. The van der Waals surface area contributed by atoms with Crippen LogP contribution >= 0.6 is 23.7 Å². The number of nitrogens with zero attached hydrogens (tertiary/aromatic N) is 2. The summed E-state index contributed by atoms with van der Waals surface area (Å²) in [6, 6.07) is 9.58.